The van der Waals surface area contributed by atoms with E-state index in [-0.39, 0.29) is 18.7 Å². The maximum atomic E-state index is 13.6. The van der Waals surface area contributed by atoms with Gasteiger partial charge < -0.3 is 11.1 Å². The van der Waals surface area contributed by atoms with E-state index in [1.807, 2.05) is 13.0 Å². The second-order valence-corrected chi connectivity index (χ2v) is 5.07. The van der Waals surface area contributed by atoms with Gasteiger partial charge in [0.15, 0.2) is 0 Å². The minimum Gasteiger partial charge on any atom is -0.398 e. The predicted octanol–water partition coefficient (Wildman–Crippen LogP) is 5.47. The third-order valence-electron chi connectivity index (χ3n) is 3.62. The van der Waals surface area contributed by atoms with Gasteiger partial charge in [-0.25, -0.2) is 8.78 Å². The van der Waals surface area contributed by atoms with Crippen LogP contribution >= 0.6 is 0 Å². The van der Waals surface area contributed by atoms with Gasteiger partial charge in [-0.1, -0.05) is 33.1 Å². The van der Waals surface area contributed by atoms with Crippen molar-refractivity contribution in [3.8, 4) is 0 Å². The molecule has 0 fully saturated rings. The molecule has 4 heteroatoms. The Morgan fingerprint density at radius 1 is 1.21 bits per heavy atom. The van der Waals surface area contributed by atoms with Crippen LogP contribution in [0.3, 0.4) is 0 Å². The number of anilines is 1. The van der Waals surface area contributed by atoms with Gasteiger partial charge in [0.1, 0.15) is 11.6 Å². The SMILES string of the molecule is C.C=Cc1ccc(N)c(C(=N)/C=C/c2ccc(F)cc2F)c1CC. The Bertz CT molecular complexity index is 792. The lowest BCUT2D eigenvalue weighted by Crippen LogP contribution is -2.07. The molecule has 24 heavy (non-hydrogen) atoms. The molecule has 0 bridgehead atoms. The summed E-state index contributed by atoms with van der Waals surface area (Å²) < 4.78 is 26.6. The molecule has 0 heterocycles. The van der Waals surface area contributed by atoms with Crippen LogP contribution in [0.15, 0.2) is 43.0 Å². The Labute approximate surface area is 141 Å². The van der Waals surface area contributed by atoms with E-state index in [1.54, 1.807) is 12.1 Å². The molecule has 0 aliphatic carbocycles. The van der Waals surface area contributed by atoms with Crippen molar-refractivity contribution < 1.29 is 8.78 Å². The van der Waals surface area contributed by atoms with Gasteiger partial charge in [0, 0.05) is 22.9 Å². The molecule has 126 valence electrons. The summed E-state index contributed by atoms with van der Waals surface area (Å²) in [6, 6.07) is 6.91. The largest absolute Gasteiger partial charge is 0.398 e. The van der Waals surface area contributed by atoms with E-state index in [1.165, 1.54) is 24.3 Å². The van der Waals surface area contributed by atoms with Gasteiger partial charge in [-0.05, 0) is 47.9 Å². The Morgan fingerprint density at radius 2 is 1.88 bits per heavy atom. The van der Waals surface area contributed by atoms with Crippen LogP contribution in [0.4, 0.5) is 14.5 Å². The number of nitrogens with one attached hydrogen (secondary N) is 1. The van der Waals surface area contributed by atoms with Crippen LogP contribution in [0.1, 0.15) is 36.6 Å². The number of benzene rings is 2. The van der Waals surface area contributed by atoms with Gasteiger partial charge in [-0.2, -0.15) is 0 Å². The first-order chi connectivity index (χ1) is 11.0. The van der Waals surface area contributed by atoms with E-state index in [2.05, 4.69) is 6.58 Å². The smallest absolute Gasteiger partial charge is 0.133 e. The second-order valence-electron chi connectivity index (χ2n) is 5.07. The zero-order chi connectivity index (χ0) is 17.0. The molecule has 0 atom stereocenters. The normalized spacial score (nSPS) is 10.5. The van der Waals surface area contributed by atoms with Crippen LogP contribution in [0.25, 0.3) is 12.2 Å². The second kappa shape index (κ2) is 8.20. The summed E-state index contributed by atoms with van der Waals surface area (Å²) in [5.41, 5.74) is 9.34. The van der Waals surface area contributed by atoms with E-state index in [0.29, 0.717) is 17.7 Å². The van der Waals surface area contributed by atoms with E-state index in [9.17, 15) is 8.78 Å². The predicted molar refractivity (Wildman–Crippen MR) is 99.3 cm³/mol. The minimum absolute atomic E-state index is 0. The number of nitrogen functional groups attached to an aromatic ring is 1. The topological polar surface area (TPSA) is 49.9 Å². The highest BCUT2D eigenvalue weighted by Crippen LogP contribution is 2.24. The van der Waals surface area contributed by atoms with E-state index in [0.717, 1.165) is 17.2 Å². The molecule has 0 unspecified atom stereocenters. The zero-order valence-corrected chi connectivity index (χ0v) is 12.9. The van der Waals surface area contributed by atoms with Gasteiger partial charge in [0.2, 0.25) is 0 Å². The third-order valence-corrected chi connectivity index (χ3v) is 3.62. The van der Waals surface area contributed by atoms with Crippen LogP contribution in [0.2, 0.25) is 0 Å². The van der Waals surface area contributed by atoms with Gasteiger partial charge in [-0.3, -0.25) is 0 Å². The summed E-state index contributed by atoms with van der Waals surface area (Å²) in [7, 11) is 0. The average Bonchev–Trinajstić information content (AvgIpc) is 2.53. The molecule has 0 aliphatic rings. The highest BCUT2D eigenvalue weighted by atomic mass is 19.1. The van der Waals surface area contributed by atoms with Crippen molar-refractivity contribution in [1.29, 1.82) is 5.41 Å². The van der Waals surface area contributed by atoms with Crippen molar-refractivity contribution in [2.24, 2.45) is 0 Å². The molecule has 2 aromatic rings. The van der Waals surface area contributed by atoms with Gasteiger partial charge in [-0.15, -0.1) is 0 Å². The third kappa shape index (κ3) is 3.96. The fraction of sp³-hybridized carbons (Fsp3) is 0.150. The van der Waals surface area contributed by atoms with E-state index < -0.39 is 11.6 Å². The lowest BCUT2D eigenvalue weighted by atomic mass is 9.93. The highest BCUT2D eigenvalue weighted by molar-refractivity contribution is 6.13. The Hall–Kier alpha value is -2.75. The molecule has 2 aromatic carbocycles. The van der Waals surface area contributed by atoms with E-state index >= 15 is 0 Å². The van der Waals surface area contributed by atoms with Crippen LogP contribution < -0.4 is 5.73 Å². The van der Waals surface area contributed by atoms with Gasteiger partial charge in [0.05, 0.1) is 5.71 Å². The number of nitrogens with two attached hydrogens (primary N) is 1. The molecular weight excluding hydrogens is 306 g/mol. The molecule has 0 saturated carbocycles. The highest BCUT2D eigenvalue weighted by Gasteiger charge is 2.12. The van der Waals surface area contributed by atoms with Crippen LogP contribution in [-0.4, -0.2) is 5.71 Å². The summed E-state index contributed by atoms with van der Waals surface area (Å²) in [5, 5.41) is 8.25. The lowest BCUT2D eigenvalue weighted by Gasteiger charge is -2.13. The first-order valence-corrected chi connectivity index (χ1v) is 7.23. The first kappa shape index (κ1) is 19.3. The summed E-state index contributed by atoms with van der Waals surface area (Å²) in [6.45, 7) is 5.74. The van der Waals surface area contributed by atoms with Gasteiger partial charge in [0.25, 0.3) is 0 Å². The number of allylic oxidation sites excluding steroid dienone is 1. The van der Waals surface area contributed by atoms with Crippen LogP contribution in [0, 0.1) is 17.0 Å². The van der Waals surface area contributed by atoms with Crippen molar-refractivity contribution in [2.45, 2.75) is 20.8 Å². The zero-order valence-electron chi connectivity index (χ0n) is 12.9. The minimum atomic E-state index is -0.669. The molecule has 0 saturated heterocycles. The summed E-state index contributed by atoms with van der Waals surface area (Å²) in [6.07, 6.45) is 5.33. The van der Waals surface area contributed by atoms with Crippen LogP contribution in [0.5, 0.6) is 0 Å². The first-order valence-electron chi connectivity index (χ1n) is 7.23. The molecule has 0 spiro atoms. The molecule has 0 radical (unpaired) electrons. The maximum Gasteiger partial charge on any atom is 0.133 e. The standard InChI is InChI=1S/C19H18F2N2.CH4/c1-3-12-6-9-17(22)19(15(12)4-2)18(23)10-7-13-5-8-14(20)11-16(13)21;/h3,5-11,23H,1,4,22H2,2H3;1H4/b10-7+,23-18?;. The molecule has 0 amide bonds. The van der Waals surface area contributed by atoms with Crippen molar-refractivity contribution in [1.82, 2.24) is 0 Å². The molecule has 0 aliphatic heterocycles. The van der Waals surface area contributed by atoms with Gasteiger partial charge >= 0.3 is 0 Å². The monoisotopic (exact) mass is 328 g/mol. The van der Waals surface area contributed by atoms with Crippen LogP contribution in [-0.2, 0) is 6.42 Å². The summed E-state index contributed by atoms with van der Waals surface area (Å²) in [4.78, 5) is 0. The number of rotatable bonds is 5. The fourth-order valence-electron chi connectivity index (χ4n) is 2.47. The molecule has 2 nitrogen and oxygen atoms in total. The number of halogens is 2. The van der Waals surface area contributed by atoms with Crippen molar-refractivity contribution in [3.05, 3.63) is 76.9 Å². The molecular formula is C20H22F2N2. The number of hydrogen-bond acceptors (Lipinski definition) is 2. The Kier molecular flexibility index (Phi) is 6.59. The fourth-order valence-corrected chi connectivity index (χ4v) is 2.47. The molecule has 0 aromatic heterocycles. The van der Waals surface area contributed by atoms with E-state index in [4.69, 9.17) is 11.1 Å². The average molecular weight is 328 g/mol. The molecule has 3 N–H and O–H groups in total. The quantitative estimate of drug-likeness (QED) is 0.555. The van der Waals surface area contributed by atoms with Crippen molar-refractivity contribution in [2.75, 3.05) is 5.73 Å². The molecule has 2 rings (SSSR count). The van der Waals surface area contributed by atoms with Crippen molar-refractivity contribution >= 4 is 23.6 Å². The Balaban J connectivity index is 0.00000288. The summed E-state index contributed by atoms with van der Waals surface area (Å²) >= 11 is 0. The Morgan fingerprint density at radius 3 is 2.46 bits per heavy atom. The van der Waals surface area contributed by atoms with Crippen molar-refractivity contribution in [3.63, 3.8) is 0 Å². The number of hydrogen-bond donors (Lipinski definition) is 2. The summed E-state index contributed by atoms with van der Waals surface area (Å²) in [5.74, 6) is -1.30. The lowest BCUT2D eigenvalue weighted by molar-refractivity contribution is 0.581. The maximum absolute atomic E-state index is 13.6.